The molecule has 4 heteroatoms. The predicted octanol–water partition coefficient (Wildman–Crippen LogP) is 3.59. The lowest BCUT2D eigenvalue weighted by Gasteiger charge is -2.12. The third-order valence-electron chi connectivity index (χ3n) is 3.31. The van der Waals surface area contributed by atoms with Gasteiger partial charge in [0.1, 0.15) is 18.1 Å². The van der Waals surface area contributed by atoms with Crippen LogP contribution in [0.5, 0.6) is 11.5 Å². The van der Waals surface area contributed by atoms with Crippen LogP contribution in [0.1, 0.15) is 17.3 Å². The minimum Gasteiger partial charge on any atom is -0.497 e. The van der Waals surface area contributed by atoms with Gasteiger partial charge >= 0.3 is 0 Å². The number of benzene rings is 2. The SMILES string of the molecule is COCCOc1cc(-c2cccc(OC)c2)ccc1C(C)=O. The Morgan fingerprint density at radius 1 is 1.00 bits per heavy atom. The first-order chi connectivity index (χ1) is 10.7. The van der Waals surface area contributed by atoms with Crippen LogP contribution in [0.4, 0.5) is 0 Å². The van der Waals surface area contributed by atoms with E-state index < -0.39 is 0 Å². The zero-order valence-electron chi connectivity index (χ0n) is 13.1. The number of carbonyl (C=O) groups is 1. The van der Waals surface area contributed by atoms with Crippen molar-refractivity contribution in [1.82, 2.24) is 0 Å². The lowest BCUT2D eigenvalue weighted by molar-refractivity contribution is 0.100. The fourth-order valence-corrected chi connectivity index (χ4v) is 2.15. The maximum atomic E-state index is 11.7. The minimum atomic E-state index is -0.0235. The van der Waals surface area contributed by atoms with E-state index >= 15 is 0 Å². The Morgan fingerprint density at radius 2 is 1.77 bits per heavy atom. The molecular formula is C18H20O4. The molecule has 4 nitrogen and oxygen atoms in total. The summed E-state index contributed by atoms with van der Waals surface area (Å²) in [7, 11) is 3.25. The van der Waals surface area contributed by atoms with Gasteiger partial charge in [-0.25, -0.2) is 0 Å². The summed E-state index contributed by atoms with van der Waals surface area (Å²) in [6.45, 7) is 2.41. The van der Waals surface area contributed by atoms with Crippen molar-refractivity contribution >= 4 is 5.78 Å². The summed E-state index contributed by atoms with van der Waals surface area (Å²) in [6.07, 6.45) is 0. The molecule has 2 rings (SSSR count). The van der Waals surface area contributed by atoms with Gasteiger partial charge in [0.15, 0.2) is 5.78 Å². The Balaban J connectivity index is 2.36. The number of Topliss-reactive ketones (excluding diaryl/α,β-unsaturated/α-hetero) is 1. The molecule has 22 heavy (non-hydrogen) atoms. The average molecular weight is 300 g/mol. The number of hydrogen-bond acceptors (Lipinski definition) is 4. The molecule has 0 radical (unpaired) electrons. The second-order valence-corrected chi connectivity index (χ2v) is 4.84. The van der Waals surface area contributed by atoms with Gasteiger partial charge in [-0.05, 0) is 42.3 Å². The molecule has 0 amide bonds. The van der Waals surface area contributed by atoms with E-state index in [0.717, 1.165) is 16.9 Å². The van der Waals surface area contributed by atoms with E-state index in [-0.39, 0.29) is 5.78 Å². The summed E-state index contributed by atoms with van der Waals surface area (Å²) in [5.41, 5.74) is 2.55. The van der Waals surface area contributed by atoms with Crippen LogP contribution >= 0.6 is 0 Å². The Bertz CT molecular complexity index is 649. The van der Waals surface area contributed by atoms with Crippen LogP contribution in [-0.2, 0) is 4.74 Å². The molecule has 0 aliphatic heterocycles. The van der Waals surface area contributed by atoms with Gasteiger partial charge in [0.05, 0.1) is 19.3 Å². The topological polar surface area (TPSA) is 44.8 Å². The molecule has 0 bridgehead atoms. The van der Waals surface area contributed by atoms with Crippen LogP contribution in [0.2, 0.25) is 0 Å². The van der Waals surface area contributed by atoms with Crippen LogP contribution in [0, 0.1) is 0 Å². The fraction of sp³-hybridized carbons (Fsp3) is 0.278. The van der Waals surface area contributed by atoms with Gasteiger partial charge in [0.2, 0.25) is 0 Å². The lowest BCUT2D eigenvalue weighted by atomic mass is 10.0. The van der Waals surface area contributed by atoms with Crippen molar-refractivity contribution < 1.29 is 19.0 Å². The van der Waals surface area contributed by atoms with Crippen molar-refractivity contribution in [3.8, 4) is 22.6 Å². The molecule has 0 spiro atoms. The van der Waals surface area contributed by atoms with Crippen molar-refractivity contribution in [3.05, 3.63) is 48.0 Å². The van der Waals surface area contributed by atoms with Crippen molar-refractivity contribution in [2.24, 2.45) is 0 Å². The van der Waals surface area contributed by atoms with Gasteiger partial charge in [-0.15, -0.1) is 0 Å². The Hall–Kier alpha value is -2.33. The van der Waals surface area contributed by atoms with E-state index in [4.69, 9.17) is 14.2 Å². The summed E-state index contributed by atoms with van der Waals surface area (Å²) in [6, 6.07) is 13.3. The Morgan fingerprint density at radius 3 is 2.45 bits per heavy atom. The standard InChI is InChI=1S/C18H20O4/c1-13(19)17-8-7-15(12-18(17)22-10-9-20-2)14-5-4-6-16(11-14)21-3/h4-8,11-12H,9-10H2,1-3H3. The molecule has 0 N–H and O–H groups in total. The molecular weight excluding hydrogens is 280 g/mol. The zero-order valence-corrected chi connectivity index (χ0v) is 13.1. The maximum absolute atomic E-state index is 11.7. The van der Waals surface area contributed by atoms with E-state index in [2.05, 4.69) is 0 Å². The van der Waals surface area contributed by atoms with E-state index in [0.29, 0.717) is 24.5 Å². The molecule has 2 aromatic carbocycles. The smallest absolute Gasteiger partial charge is 0.163 e. The molecule has 0 unspecified atom stereocenters. The van der Waals surface area contributed by atoms with Crippen LogP contribution < -0.4 is 9.47 Å². The van der Waals surface area contributed by atoms with E-state index in [1.54, 1.807) is 20.3 Å². The monoisotopic (exact) mass is 300 g/mol. The predicted molar refractivity (Wildman–Crippen MR) is 85.8 cm³/mol. The molecule has 0 fully saturated rings. The molecule has 0 aromatic heterocycles. The van der Waals surface area contributed by atoms with Crippen LogP contribution in [-0.4, -0.2) is 33.2 Å². The van der Waals surface area contributed by atoms with Crippen LogP contribution in [0.3, 0.4) is 0 Å². The number of hydrogen-bond donors (Lipinski definition) is 0. The average Bonchev–Trinajstić information content (AvgIpc) is 2.55. The van der Waals surface area contributed by atoms with Gasteiger partial charge in [0, 0.05) is 7.11 Å². The quantitative estimate of drug-likeness (QED) is 0.579. The summed E-state index contributed by atoms with van der Waals surface area (Å²) in [5.74, 6) is 1.34. The van der Waals surface area contributed by atoms with Gasteiger partial charge in [0.25, 0.3) is 0 Å². The summed E-state index contributed by atoms with van der Waals surface area (Å²) in [5, 5.41) is 0. The Labute approximate surface area is 130 Å². The highest BCUT2D eigenvalue weighted by Crippen LogP contribution is 2.29. The van der Waals surface area contributed by atoms with E-state index in [1.807, 2.05) is 36.4 Å². The van der Waals surface area contributed by atoms with Gasteiger partial charge in [-0.2, -0.15) is 0 Å². The van der Waals surface area contributed by atoms with Crippen molar-refractivity contribution in [2.75, 3.05) is 27.4 Å². The minimum absolute atomic E-state index is 0.0235. The maximum Gasteiger partial charge on any atom is 0.163 e. The highest BCUT2D eigenvalue weighted by molar-refractivity contribution is 5.97. The summed E-state index contributed by atoms with van der Waals surface area (Å²) < 4.78 is 15.9. The number of rotatable bonds is 7. The fourth-order valence-electron chi connectivity index (χ4n) is 2.15. The molecule has 0 atom stereocenters. The lowest BCUT2D eigenvalue weighted by Crippen LogP contribution is -2.07. The third kappa shape index (κ3) is 3.86. The van der Waals surface area contributed by atoms with Gasteiger partial charge < -0.3 is 14.2 Å². The second kappa shape index (κ2) is 7.61. The van der Waals surface area contributed by atoms with Gasteiger partial charge in [-0.1, -0.05) is 18.2 Å². The van der Waals surface area contributed by atoms with Crippen LogP contribution in [0.25, 0.3) is 11.1 Å². The first-order valence-electron chi connectivity index (χ1n) is 7.07. The van der Waals surface area contributed by atoms with Gasteiger partial charge in [-0.3, -0.25) is 4.79 Å². The highest BCUT2D eigenvalue weighted by Gasteiger charge is 2.11. The number of ether oxygens (including phenoxy) is 3. The first-order valence-corrected chi connectivity index (χ1v) is 7.07. The first kappa shape index (κ1) is 16.0. The number of ketones is 1. The second-order valence-electron chi connectivity index (χ2n) is 4.84. The molecule has 116 valence electrons. The normalized spacial score (nSPS) is 10.3. The van der Waals surface area contributed by atoms with E-state index in [9.17, 15) is 4.79 Å². The molecule has 0 aliphatic carbocycles. The Kier molecular flexibility index (Phi) is 5.55. The highest BCUT2D eigenvalue weighted by atomic mass is 16.5. The zero-order chi connectivity index (χ0) is 15.9. The summed E-state index contributed by atoms with van der Waals surface area (Å²) >= 11 is 0. The molecule has 2 aromatic rings. The molecule has 0 saturated heterocycles. The molecule has 0 aliphatic rings. The summed E-state index contributed by atoms with van der Waals surface area (Å²) in [4.78, 5) is 11.7. The third-order valence-corrected chi connectivity index (χ3v) is 3.31. The van der Waals surface area contributed by atoms with Crippen molar-refractivity contribution in [1.29, 1.82) is 0 Å². The number of carbonyl (C=O) groups excluding carboxylic acids is 1. The molecule has 0 saturated carbocycles. The van der Waals surface area contributed by atoms with E-state index in [1.165, 1.54) is 6.92 Å². The largest absolute Gasteiger partial charge is 0.497 e. The number of methoxy groups -OCH3 is 2. The van der Waals surface area contributed by atoms with Crippen LogP contribution in [0.15, 0.2) is 42.5 Å². The van der Waals surface area contributed by atoms with Crippen molar-refractivity contribution in [2.45, 2.75) is 6.92 Å². The van der Waals surface area contributed by atoms with Crippen molar-refractivity contribution in [3.63, 3.8) is 0 Å². The molecule has 0 heterocycles.